The third kappa shape index (κ3) is 2.33. The first-order valence-electron chi connectivity index (χ1n) is 5.33. The SMILES string of the molecule is COCC(C)(C)Nc1nc2ccccc2[nH]1. The quantitative estimate of drug-likeness (QED) is 0.830. The molecule has 0 atom stereocenters. The minimum atomic E-state index is -0.136. The average Bonchev–Trinajstić information content (AvgIpc) is 2.58. The normalized spacial score (nSPS) is 11.9. The lowest BCUT2D eigenvalue weighted by molar-refractivity contribution is 0.158. The number of benzene rings is 1. The first kappa shape index (κ1) is 11.0. The predicted molar refractivity (Wildman–Crippen MR) is 65.7 cm³/mol. The van der Waals surface area contributed by atoms with Gasteiger partial charge in [-0.3, -0.25) is 0 Å². The summed E-state index contributed by atoms with van der Waals surface area (Å²) in [7, 11) is 1.70. The van der Waals surface area contributed by atoms with E-state index in [0.717, 1.165) is 17.0 Å². The van der Waals surface area contributed by atoms with Gasteiger partial charge in [-0.25, -0.2) is 4.98 Å². The molecule has 2 N–H and O–H groups in total. The average molecular weight is 219 g/mol. The molecule has 0 aliphatic rings. The van der Waals surface area contributed by atoms with E-state index in [4.69, 9.17) is 4.74 Å². The van der Waals surface area contributed by atoms with Gasteiger partial charge in [0.05, 0.1) is 23.2 Å². The van der Waals surface area contributed by atoms with Gasteiger partial charge >= 0.3 is 0 Å². The number of anilines is 1. The molecule has 0 saturated carbocycles. The minimum absolute atomic E-state index is 0.136. The molecule has 16 heavy (non-hydrogen) atoms. The summed E-state index contributed by atoms with van der Waals surface area (Å²) >= 11 is 0. The van der Waals surface area contributed by atoms with Crippen molar-refractivity contribution in [3.63, 3.8) is 0 Å². The van der Waals surface area contributed by atoms with Crippen LogP contribution in [-0.2, 0) is 4.74 Å². The Labute approximate surface area is 95.0 Å². The molecule has 0 unspecified atom stereocenters. The molecule has 0 aliphatic carbocycles. The highest BCUT2D eigenvalue weighted by atomic mass is 16.5. The second kappa shape index (κ2) is 4.14. The second-order valence-corrected chi connectivity index (χ2v) is 4.54. The van der Waals surface area contributed by atoms with Crippen LogP contribution < -0.4 is 5.32 Å². The number of fused-ring (bicyclic) bond motifs is 1. The predicted octanol–water partition coefficient (Wildman–Crippen LogP) is 2.40. The summed E-state index contributed by atoms with van der Waals surface area (Å²) in [4.78, 5) is 7.69. The van der Waals surface area contributed by atoms with Crippen LogP contribution in [0.25, 0.3) is 11.0 Å². The van der Waals surface area contributed by atoms with Gasteiger partial charge in [-0.05, 0) is 26.0 Å². The Bertz CT molecular complexity index is 443. The van der Waals surface area contributed by atoms with Crippen LogP contribution in [-0.4, -0.2) is 29.2 Å². The van der Waals surface area contributed by atoms with Crippen LogP contribution in [0.3, 0.4) is 0 Å². The van der Waals surface area contributed by atoms with Crippen LogP contribution in [0.5, 0.6) is 0 Å². The molecule has 2 aromatic rings. The zero-order valence-corrected chi connectivity index (χ0v) is 9.87. The van der Waals surface area contributed by atoms with Gasteiger partial charge in [0, 0.05) is 7.11 Å². The highest BCUT2D eigenvalue weighted by Crippen LogP contribution is 2.17. The van der Waals surface area contributed by atoms with Crippen LogP contribution in [0.1, 0.15) is 13.8 Å². The molecule has 4 nitrogen and oxygen atoms in total. The number of nitrogens with one attached hydrogen (secondary N) is 2. The van der Waals surface area contributed by atoms with Crippen molar-refractivity contribution in [2.75, 3.05) is 19.0 Å². The molecule has 0 aliphatic heterocycles. The van der Waals surface area contributed by atoms with Gasteiger partial charge in [-0.15, -0.1) is 0 Å². The van der Waals surface area contributed by atoms with E-state index in [1.807, 2.05) is 24.3 Å². The first-order valence-corrected chi connectivity index (χ1v) is 5.33. The first-order chi connectivity index (χ1) is 7.61. The summed E-state index contributed by atoms with van der Waals surface area (Å²) < 4.78 is 5.15. The molecule has 0 fully saturated rings. The van der Waals surface area contributed by atoms with Crippen molar-refractivity contribution in [2.24, 2.45) is 0 Å². The van der Waals surface area contributed by atoms with Crippen LogP contribution >= 0.6 is 0 Å². The van der Waals surface area contributed by atoms with E-state index < -0.39 is 0 Å². The molecule has 0 bridgehead atoms. The number of aromatic nitrogens is 2. The van der Waals surface area contributed by atoms with Crippen molar-refractivity contribution >= 4 is 17.0 Å². The lowest BCUT2D eigenvalue weighted by Crippen LogP contribution is -2.36. The van der Waals surface area contributed by atoms with Crippen molar-refractivity contribution in [3.05, 3.63) is 24.3 Å². The monoisotopic (exact) mass is 219 g/mol. The van der Waals surface area contributed by atoms with Crippen LogP contribution in [0.2, 0.25) is 0 Å². The summed E-state index contributed by atoms with van der Waals surface area (Å²) in [6, 6.07) is 7.97. The Kier molecular flexibility index (Phi) is 2.83. The topological polar surface area (TPSA) is 49.9 Å². The smallest absolute Gasteiger partial charge is 0.201 e. The van der Waals surface area contributed by atoms with E-state index in [1.54, 1.807) is 7.11 Å². The van der Waals surface area contributed by atoms with Crippen molar-refractivity contribution in [3.8, 4) is 0 Å². The Balaban J connectivity index is 2.21. The number of rotatable bonds is 4. The van der Waals surface area contributed by atoms with E-state index in [2.05, 4.69) is 29.1 Å². The Hall–Kier alpha value is -1.55. The molecule has 0 radical (unpaired) electrons. The highest BCUT2D eigenvalue weighted by molar-refractivity contribution is 5.77. The van der Waals surface area contributed by atoms with Crippen molar-refractivity contribution < 1.29 is 4.74 Å². The molecular weight excluding hydrogens is 202 g/mol. The largest absolute Gasteiger partial charge is 0.382 e. The maximum absolute atomic E-state index is 5.15. The Morgan fingerprint density at radius 2 is 2.12 bits per heavy atom. The molecule has 86 valence electrons. The standard InChI is InChI=1S/C12H17N3O/c1-12(2,8-16-3)15-11-13-9-6-4-5-7-10(9)14-11/h4-7H,8H2,1-3H3,(H2,13,14,15). The van der Waals surface area contributed by atoms with E-state index in [-0.39, 0.29) is 5.54 Å². The van der Waals surface area contributed by atoms with Gasteiger partial charge in [-0.1, -0.05) is 12.1 Å². The maximum atomic E-state index is 5.15. The summed E-state index contributed by atoms with van der Waals surface area (Å²) in [6.45, 7) is 4.78. The zero-order chi connectivity index (χ0) is 11.6. The molecule has 1 heterocycles. The third-order valence-electron chi connectivity index (χ3n) is 2.35. The van der Waals surface area contributed by atoms with E-state index in [0.29, 0.717) is 6.61 Å². The summed E-state index contributed by atoms with van der Waals surface area (Å²) in [6.07, 6.45) is 0. The van der Waals surface area contributed by atoms with Gasteiger partial charge in [0.2, 0.25) is 5.95 Å². The number of H-pyrrole nitrogens is 1. The highest BCUT2D eigenvalue weighted by Gasteiger charge is 2.18. The molecule has 0 saturated heterocycles. The molecule has 0 amide bonds. The fourth-order valence-corrected chi connectivity index (χ4v) is 1.73. The van der Waals surface area contributed by atoms with Gasteiger partial charge < -0.3 is 15.0 Å². The molecule has 1 aromatic carbocycles. The number of ether oxygens (including phenoxy) is 1. The third-order valence-corrected chi connectivity index (χ3v) is 2.35. The van der Waals surface area contributed by atoms with Crippen molar-refractivity contribution in [1.29, 1.82) is 0 Å². The Morgan fingerprint density at radius 3 is 2.81 bits per heavy atom. The number of imidazole rings is 1. The molecule has 1 aromatic heterocycles. The lowest BCUT2D eigenvalue weighted by atomic mass is 10.1. The number of para-hydroxylation sites is 2. The Morgan fingerprint density at radius 1 is 1.38 bits per heavy atom. The second-order valence-electron chi connectivity index (χ2n) is 4.54. The number of hydrogen-bond donors (Lipinski definition) is 2. The minimum Gasteiger partial charge on any atom is -0.382 e. The lowest BCUT2D eigenvalue weighted by Gasteiger charge is -2.24. The fraction of sp³-hybridized carbons (Fsp3) is 0.417. The maximum Gasteiger partial charge on any atom is 0.201 e. The van der Waals surface area contributed by atoms with E-state index in [9.17, 15) is 0 Å². The summed E-state index contributed by atoms with van der Waals surface area (Å²) in [5.41, 5.74) is 1.87. The van der Waals surface area contributed by atoms with Gasteiger partial charge in [0.25, 0.3) is 0 Å². The van der Waals surface area contributed by atoms with Gasteiger partial charge in [0.15, 0.2) is 0 Å². The van der Waals surface area contributed by atoms with E-state index >= 15 is 0 Å². The zero-order valence-electron chi connectivity index (χ0n) is 9.87. The summed E-state index contributed by atoms with van der Waals surface area (Å²) in [5, 5.41) is 3.32. The number of aromatic amines is 1. The van der Waals surface area contributed by atoms with Crippen LogP contribution in [0, 0.1) is 0 Å². The molecule has 0 spiro atoms. The summed E-state index contributed by atoms with van der Waals surface area (Å²) in [5.74, 6) is 0.781. The molecule has 2 rings (SSSR count). The number of nitrogens with zero attached hydrogens (tertiary/aromatic N) is 1. The van der Waals surface area contributed by atoms with Gasteiger partial charge in [-0.2, -0.15) is 0 Å². The van der Waals surface area contributed by atoms with Gasteiger partial charge in [0.1, 0.15) is 0 Å². The number of hydrogen-bond acceptors (Lipinski definition) is 3. The fourth-order valence-electron chi connectivity index (χ4n) is 1.73. The van der Waals surface area contributed by atoms with E-state index in [1.165, 1.54) is 0 Å². The number of methoxy groups -OCH3 is 1. The molecular formula is C12H17N3O. The van der Waals surface area contributed by atoms with Crippen molar-refractivity contribution in [1.82, 2.24) is 9.97 Å². The van der Waals surface area contributed by atoms with Crippen molar-refractivity contribution in [2.45, 2.75) is 19.4 Å². The molecule has 4 heteroatoms. The van der Waals surface area contributed by atoms with Crippen LogP contribution in [0.15, 0.2) is 24.3 Å². The van der Waals surface area contributed by atoms with Crippen LogP contribution in [0.4, 0.5) is 5.95 Å².